The van der Waals surface area contributed by atoms with Crippen LogP contribution in [0.2, 0.25) is 0 Å². The molecule has 1 aliphatic heterocycles. The van der Waals surface area contributed by atoms with Gasteiger partial charge in [-0.2, -0.15) is 0 Å². The summed E-state index contributed by atoms with van der Waals surface area (Å²) in [5.41, 5.74) is 4.22. The standard InChI is InChI=1S/C21H26N2/c1-3-23-20-7-5-4-6-18(20)19-14-17(8-9-21(19)23)15-22-12-10-16(2)11-13-22/h4-9,14,16H,3,10-13,15H2,1-2H3/p+1. The van der Waals surface area contributed by atoms with Crippen LogP contribution in [0.5, 0.6) is 0 Å². The van der Waals surface area contributed by atoms with Gasteiger partial charge in [0, 0.05) is 33.9 Å². The number of para-hydroxylation sites is 1. The number of fused-ring (bicyclic) bond motifs is 3. The number of rotatable bonds is 3. The highest BCUT2D eigenvalue weighted by molar-refractivity contribution is 6.08. The molecule has 0 unspecified atom stereocenters. The largest absolute Gasteiger partial charge is 0.341 e. The molecule has 1 aromatic heterocycles. The molecule has 0 radical (unpaired) electrons. The summed E-state index contributed by atoms with van der Waals surface area (Å²) in [5.74, 6) is 0.920. The first-order valence-corrected chi connectivity index (χ1v) is 9.09. The van der Waals surface area contributed by atoms with Crippen LogP contribution in [0.4, 0.5) is 0 Å². The molecule has 23 heavy (non-hydrogen) atoms. The second-order valence-corrected chi connectivity index (χ2v) is 7.22. The second kappa shape index (κ2) is 6.01. The Labute approximate surface area is 138 Å². The Balaban J connectivity index is 1.71. The number of aryl methyl sites for hydroxylation is 1. The number of piperidine rings is 1. The van der Waals surface area contributed by atoms with Crippen LogP contribution in [0.3, 0.4) is 0 Å². The molecule has 0 aliphatic carbocycles. The molecule has 0 saturated carbocycles. The molecule has 2 aromatic carbocycles. The fraction of sp³-hybridized carbons (Fsp3) is 0.429. The first kappa shape index (κ1) is 14.8. The number of likely N-dealkylation sites (tertiary alicyclic amines) is 1. The molecular weight excluding hydrogens is 280 g/mol. The molecule has 2 heteroatoms. The minimum atomic E-state index is 0.920. The van der Waals surface area contributed by atoms with Gasteiger partial charge in [0.05, 0.1) is 13.1 Å². The number of nitrogens with zero attached hydrogens (tertiary/aromatic N) is 1. The second-order valence-electron chi connectivity index (χ2n) is 7.22. The topological polar surface area (TPSA) is 9.37 Å². The third-order valence-corrected chi connectivity index (χ3v) is 5.59. The van der Waals surface area contributed by atoms with E-state index in [0.717, 1.165) is 12.5 Å². The number of quaternary nitrogens is 1. The SMILES string of the molecule is CCn1c2ccccc2c2cc(C[NH+]3CCC(C)CC3)ccc21. The molecule has 1 N–H and O–H groups in total. The van der Waals surface area contributed by atoms with Crippen LogP contribution in [0.25, 0.3) is 21.8 Å². The molecule has 0 spiro atoms. The lowest BCUT2D eigenvalue weighted by molar-refractivity contribution is -0.919. The summed E-state index contributed by atoms with van der Waals surface area (Å²) in [4.78, 5) is 1.75. The number of hydrogen-bond donors (Lipinski definition) is 1. The van der Waals surface area contributed by atoms with Crippen LogP contribution in [-0.2, 0) is 13.1 Å². The average Bonchev–Trinajstić information content (AvgIpc) is 2.90. The van der Waals surface area contributed by atoms with Gasteiger partial charge in [-0.25, -0.2) is 0 Å². The number of benzene rings is 2. The van der Waals surface area contributed by atoms with Gasteiger partial charge in [0.2, 0.25) is 0 Å². The maximum atomic E-state index is 2.44. The third-order valence-electron chi connectivity index (χ3n) is 5.59. The third kappa shape index (κ3) is 2.66. The molecule has 2 nitrogen and oxygen atoms in total. The summed E-state index contributed by atoms with van der Waals surface area (Å²) in [6.45, 7) is 9.49. The zero-order chi connectivity index (χ0) is 15.8. The molecule has 1 saturated heterocycles. The Hall–Kier alpha value is -1.80. The van der Waals surface area contributed by atoms with E-state index in [-0.39, 0.29) is 0 Å². The Morgan fingerprint density at radius 3 is 2.52 bits per heavy atom. The summed E-state index contributed by atoms with van der Waals surface area (Å²) in [6.07, 6.45) is 2.76. The fourth-order valence-electron chi connectivity index (χ4n) is 4.19. The average molecular weight is 307 g/mol. The molecule has 3 aromatic rings. The van der Waals surface area contributed by atoms with Gasteiger partial charge in [-0.1, -0.05) is 31.2 Å². The van der Waals surface area contributed by atoms with E-state index in [0.29, 0.717) is 0 Å². The Bertz CT molecular complexity index is 822. The van der Waals surface area contributed by atoms with E-state index in [4.69, 9.17) is 0 Å². The lowest BCUT2D eigenvalue weighted by Gasteiger charge is -2.27. The molecule has 2 heterocycles. The number of nitrogens with one attached hydrogen (secondary N) is 1. The summed E-state index contributed by atoms with van der Waals surface area (Å²) in [6, 6.07) is 15.9. The van der Waals surface area contributed by atoms with Crippen molar-refractivity contribution >= 4 is 21.8 Å². The van der Waals surface area contributed by atoms with E-state index < -0.39 is 0 Å². The Morgan fingerprint density at radius 1 is 1.00 bits per heavy atom. The lowest BCUT2D eigenvalue weighted by Crippen LogP contribution is -3.11. The van der Waals surface area contributed by atoms with Gasteiger partial charge in [-0.3, -0.25) is 0 Å². The van der Waals surface area contributed by atoms with Crippen molar-refractivity contribution in [2.45, 2.75) is 39.8 Å². The van der Waals surface area contributed by atoms with Gasteiger partial charge >= 0.3 is 0 Å². The van der Waals surface area contributed by atoms with Crippen molar-refractivity contribution in [2.75, 3.05) is 13.1 Å². The Morgan fingerprint density at radius 2 is 1.74 bits per heavy atom. The van der Waals surface area contributed by atoms with Crippen molar-refractivity contribution in [1.82, 2.24) is 4.57 Å². The predicted molar refractivity (Wildman–Crippen MR) is 97.9 cm³/mol. The minimum absolute atomic E-state index is 0.920. The number of hydrogen-bond acceptors (Lipinski definition) is 0. The maximum Gasteiger partial charge on any atom is 0.103 e. The molecule has 1 aliphatic rings. The van der Waals surface area contributed by atoms with Crippen molar-refractivity contribution < 1.29 is 4.90 Å². The lowest BCUT2D eigenvalue weighted by atomic mass is 9.98. The van der Waals surface area contributed by atoms with E-state index >= 15 is 0 Å². The van der Waals surface area contributed by atoms with Crippen molar-refractivity contribution in [2.24, 2.45) is 5.92 Å². The molecule has 120 valence electrons. The van der Waals surface area contributed by atoms with E-state index in [1.54, 1.807) is 4.90 Å². The first-order chi connectivity index (χ1) is 11.3. The number of aromatic nitrogens is 1. The van der Waals surface area contributed by atoms with Crippen LogP contribution >= 0.6 is 0 Å². The monoisotopic (exact) mass is 307 g/mol. The highest BCUT2D eigenvalue weighted by Crippen LogP contribution is 2.29. The summed E-state index contributed by atoms with van der Waals surface area (Å²) in [7, 11) is 0. The fourth-order valence-corrected chi connectivity index (χ4v) is 4.19. The van der Waals surface area contributed by atoms with Gasteiger partial charge in [0.15, 0.2) is 0 Å². The normalized spacial score (nSPS) is 22.0. The zero-order valence-corrected chi connectivity index (χ0v) is 14.3. The van der Waals surface area contributed by atoms with E-state index in [9.17, 15) is 0 Å². The van der Waals surface area contributed by atoms with Crippen molar-refractivity contribution in [3.63, 3.8) is 0 Å². The zero-order valence-electron chi connectivity index (χ0n) is 14.3. The van der Waals surface area contributed by atoms with Crippen molar-refractivity contribution in [3.05, 3.63) is 48.0 Å². The van der Waals surface area contributed by atoms with Crippen molar-refractivity contribution in [3.8, 4) is 0 Å². The summed E-state index contributed by atoms with van der Waals surface area (Å²) >= 11 is 0. The molecule has 4 rings (SSSR count). The van der Waals surface area contributed by atoms with Crippen LogP contribution in [0.15, 0.2) is 42.5 Å². The van der Waals surface area contributed by atoms with Crippen LogP contribution < -0.4 is 4.90 Å². The maximum absolute atomic E-state index is 2.44. The van der Waals surface area contributed by atoms with E-state index in [1.807, 2.05) is 0 Å². The van der Waals surface area contributed by atoms with Crippen molar-refractivity contribution in [1.29, 1.82) is 0 Å². The molecule has 0 bridgehead atoms. The van der Waals surface area contributed by atoms with E-state index in [2.05, 4.69) is 60.9 Å². The highest BCUT2D eigenvalue weighted by atomic mass is 15.1. The van der Waals surface area contributed by atoms with Gasteiger partial charge in [-0.15, -0.1) is 0 Å². The van der Waals surface area contributed by atoms with E-state index in [1.165, 1.54) is 59.8 Å². The van der Waals surface area contributed by atoms with Gasteiger partial charge in [-0.05, 0) is 43.9 Å². The van der Waals surface area contributed by atoms with Crippen LogP contribution in [0.1, 0.15) is 32.3 Å². The van der Waals surface area contributed by atoms with Gasteiger partial charge in [0.25, 0.3) is 0 Å². The van der Waals surface area contributed by atoms with Crippen LogP contribution in [0, 0.1) is 5.92 Å². The minimum Gasteiger partial charge on any atom is -0.341 e. The van der Waals surface area contributed by atoms with Gasteiger partial charge in [0.1, 0.15) is 6.54 Å². The quantitative estimate of drug-likeness (QED) is 0.757. The molecule has 0 amide bonds. The smallest absolute Gasteiger partial charge is 0.103 e. The van der Waals surface area contributed by atoms with Gasteiger partial charge < -0.3 is 9.47 Å². The van der Waals surface area contributed by atoms with Crippen LogP contribution in [-0.4, -0.2) is 17.7 Å². The first-order valence-electron chi connectivity index (χ1n) is 9.09. The molecule has 0 atom stereocenters. The summed E-state index contributed by atoms with van der Waals surface area (Å²) < 4.78 is 2.43. The molecule has 1 fully saturated rings. The predicted octanol–water partition coefficient (Wildman–Crippen LogP) is 3.63. The Kier molecular flexibility index (Phi) is 3.86. The highest BCUT2D eigenvalue weighted by Gasteiger charge is 2.19. The summed E-state index contributed by atoms with van der Waals surface area (Å²) in [5, 5.41) is 2.82. The molecular formula is C21H27N2+.